The molecule has 0 fully saturated rings. The van der Waals surface area contributed by atoms with Crippen LogP contribution in [0.3, 0.4) is 0 Å². The first-order valence-corrected chi connectivity index (χ1v) is 8.17. The van der Waals surface area contributed by atoms with Crippen LogP contribution in [0.15, 0.2) is 18.2 Å². The van der Waals surface area contributed by atoms with E-state index in [0.717, 1.165) is 12.3 Å². The number of hydrogen-bond acceptors (Lipinski definition) is 4. The standard InChI is InChI=1S/C14H16FNO4S/c1-10(9-21(2,19)20)16-14(18)12-6-5-11(4-3-7-17)13(15)8-12/h5-6,8,10,17H,7,9H2,1-2H3,(H,16,18). The van der Waals surface area contributed by atoms with E-state index in [4.69, 9.17) is 5.11 Å². The second-order valence-corrected chi connectivity index (χ2v) is 6.81. The van der Waals surface area contributed by atoms with Gasteiger partial charge in [-0.3, -0.25) is 4.79 Å². The number of amides is 1. The van der Waals surface area contributed by atoms with Crippen molar-refractivity contribution in [2.75, 3.05) is 18.6 Å². The van der Waals surface area contributed by atoms with Gasteiger partial charge in [0.25, 0.3) is 5.91 Å². The van der Waals surface area contributed by atoms with Gasteiger partial charge in [-0.15, -0.1) is 0 Å². The molecule has 1 aromatic rings. The minimum Gasteiger partial charge on any atom is -0.384 e. The van der Waals surface area contributed by atoms with E-state index in [-0.39, 0.29) is 23.5 Å². The van der Waals surface area contributed by atoms with E-state index in [1.54, 1.807) is 6.92 Å². The van der Waals surface area contributed by atoms with E-state index in [2.05, 4.69) is 17.2 Å². The number of nitrogens with one attached hydrogen (secondary N) is 1. The molecule has 0 aliphatic heterocycles. The van der Waals surface area contributed by atoms with Crippen LogP contribution in [0.25, 0.3) is 0 Å². The van der Waals surface area contributed by atoms with Crippen molar-refractivity contribution >= 4 is 15.7 Å². The molecule has 0 saturated carbocycles. The Hall–Kier alpha value is -1.91. The lowest BCUT2D eigenvalue weighted by Gasteiger charge is -2.12. The highest BCUT2D eigenvalue weighted by Gasteiger charge is 2.15. The zero-order valence-corrected chi connectivity index (χ0v) is 12.5. The van der Waals surface area contributed by atoms with Crippen molar-refractivity contribution < 1.29 is 22.7 Å². The van der Waals surface area contributed by atoms with Gasteiger partial charge in [-0.2, -0.15) is 0 Å². The molecule has 1 amide bonds. The topological polar surface area (TPSA) is 83.5 Å². The van der Waals surface area contributed by atoms with Crippen molar-refractivity contribution in [2.24, 2.45) is 0 Å². The average Bonchev–Trinajstić information content (AvgIpc) is 2.34. The zero-order chi connectivity index (χ0) is 16.0. The third kappa shape index (κ3) is 5.94. The molecule has 7 heteroatoms. The van der Waals surface area contributed by atoms with Gasteiger partial charge in [0.2, 0.25) is 0 Å². The predicted molar refractivity (Wildman–Crippen MR) is 77.0 cm³/mol. The number of carbonyl (C=O) groups excluding carboxylic acids is 1. The van der Waals surface area contributed by atoms with Gasteiger partial charge in [0.05, 0.1) is 11.3 Å². The summed E-state index contributed by atoms with van der Waals surface area (Å²) in [6.45, 7) is 1.17. The highest BCUT2D eigenvalue weighted by atomic mass is 32.2. The second kappa shape index (κ2) is 7.20. The number of halogens is 1. The molecule has 1 aromatic carbocycles. The van der Waals surface area contributed by atoms with Gasteiger partial charge in [0, 0.05) is 17.9 Å². The normalized spacial score (nSPS) is 12.2. The highest BCUT2D eigenvalue weighted by Crippen LogP contribution is 2.10. The fourth-order valence-corrected chi connectivity index (χ4v) is 2.69. The van der Waals surface area contributed by atoms with Gasteiger partial charge in [0.15, 0.2) is 0 Å². The lowest BCUT2D eigenvalue weighted by Crippen LogP contribution is -2.37. The molecule has 0 bridgehead atoms. The molecule has 0 aromatic heterocycles. The summed E-state index contributed by atoms with van der Waals surface area (Å²) in [4.78, 5) is 11.9. The smallest absolute Gasteiger partial charge is 0.251 e. The van der Waals surface area contributed by atoms with Crippen molar-refractivity contribution in [3.63, 3.8) is 0 Å². The summed E-state index contributed by atoms with van der Waals surface area (Å²) in [5.74, 6) is 3.29. The third-order valence-corrected chi connectivity index (χ3v) is 3.57. The zero-order valence-electron chi connectivity index (χ0n) is 11.7. The van der Waals surface area contributed by atoms with Crippen LogP contribution in [0.2, 0.25) is 0 Å². The van der Waals surface area contributed by atoms with Gasteiger partial charge in [-0.25, -0.2) is 12.8 Å². The fraction of sp³-hybridized carbons (Fsp3) is 0.357. The molecule has 0 aliphatic carbocycles. The van der Waals surface area contributed by atoms with E-state index in [1.807, 2.05) is 0 Å². The quantitative estimate of drug-likeness (QED) is 0.785. The lowest BCUT2D eigenvalue weighted by molar-refractivity contribution is 0.0943. The summed E-state index contributed by atoms with van der Waals surface area (Å²) in [6, 6.07) is 3.15. The Bertz CT molecular complexity index is 689. The number of hydrogen-bond donors (Lipinski definition) is 2. The van der Waals surface area contributed by atoms with Gasteiger partial charge >= 0.3 is 0 Å². The van der Waals surface area contributed by atoms with Crippen LogP contribution < -0.4 is 5.32 Å². The van der Waals surface area contributed by atoms with Crippen LogP contribution in [-0.2, 0) is 9.84 Å². The molecule has 0 spiro atoms. The molecular weight excluding hydrogens is 297 g/mol. The van der Waals surface area contributed by atoms with E-state index in [1.165, 1.54) is 12.1 Å². The van der Waals surface area contributed by atoms with Crippen LogP contribution in [0.4, 0.5) is 4.39 Å². The summed E-state index contributed by atoms with van der Waals surface area (Å²) in [5.41, 5.74) is 0.146. The minimum absolute atomic E-state index is 0.0717. The van der Waals surface area contributed by atoms with Gasteiger partial charge in [0.1, 0.15) is 22.3 Å². The lowest BCUT2D eigenvalue weighted by atomic mass is 10.1. The number of aliphatic hydroxyl groups excluding tert-OH is 1. The van der Waals surface area contributed by atoms with Crippen molar-refractivity contribution in [3.8, 4) is 11.8 Å². The van der Waals surface area contributed by atoms with E-state index in [0.29, 0.717) is 0 Å². The molecule has 1 rings (SSSR count). The van der Waals surface area contributed by atoms with Crippen LogP contribution in [0.5, 0.6) is 0 Å². The third-order valence-electron chi connectivity index (χ3n) is 2.46. The van der Waals surface area contributed by atoms with Crippen molar-refractivity contribution in [1.29, 1.82) is 0 Å². The number of benzene rings is 1. The maximum absolute atomic E-state index is 13.7. The summed E-state index contributed by atoms with van der Waals surface area (Å²) >= 11 is 0. The van der Waals surface area contributed by atoms with E-state index < -0.39 is 27.6 Å². The first-order chi connectivity index (χ1) is 9.73. The molecule has 0 aliphatic rings. The first-order valence-electron chi connectivity index (χ1n) is 6.11. The van der Waals surface area contributed by atoms with Crippen LogP contribution >= 0.6 is 0 Å². The molecule has 2 N–H and O–H groups in total. The molecule has 5 nitrogen and oxygen atoms in total. The maximum atomic E-state index is 13.7. The number of carbonyl (C=O) groups is 1. The van der Waals surface area contributed by atoms with E-state index >= 15 is 0 Å². The number of rotatable bonds is 4. The van der Waals surface area contributed by atoms with Gasteiger partial charge < -0.3 is 10.4 Å². The monoisotopic (exact) mass is 313 g/mol. The Morgan fingerprint density at radius 2 is 2.14 bits per heavy atom. The van der Waals surface area contributed by atoms with Crippen LogP contribution in [0.1, 0.15) is 22.8 Å². The van der Waals surface area contributed by atoms with Crippen molar-refractivity contribution in [1.82, 2.24) is 5.32 Å². The summed E-state index contributed by atoms with van der Waals surface area (Å²) in [7, 11) is -3.21. The predicted octanol–water partition coefficient (Wildman–Crippen LogP) is 0.332. The SMILES string of the molecule is CC(CS(C)(=O)=O)NC(=O)c1ccc(C#CCO)c(F)c1. The van der Waals surface area contributed by atoms with Gasteiger partial charge in [-0.05, 0) is 25.1 Å². The fourth-order valence-electron chi connectivity index (χ4n) is 1.70. The molecule has 1 unspecified atom stereocenters. The molecule has 21 heavy (non-hydrogen) atoms. The van der Waals surface area contributed by atoms with Crippen LogP contribution in [0, 0.1) is 17.7 Å². The van der Waals surface area contributed by atoms with E-state index in [9.17, 15) is 17.6 Å². The average molecular weight is 313 g/mol. The van der Waals surface area contributed by atoms with Crippen molar-refractivity contribution in [3.05, 3.63) is 35.1 Å². The van der Waals surface area contributed by atoms with Crippen molar-refractivity contribution in [2.45, 2.75) is 13.0 Å². The largest absolute Gasteiger partial charge is 0.384 e. The molecule has 0 saturated heterocycles. The molecule has 1 atom stereocenters. The highest BCUT2D eigenvalue weighted by molar-refractivity contribution is 7.90. The Kier molecular flexibility index (Phi) is 5.88. The number of aliphatic hydroxyl groups is 1. The molecule has 0 radical (unpaired) electrons. The van der Waals surface area contributed by atoms with Gasteiger partial charge in [-0.1, -0.05) is 11.8 Å². The summed E-state index contributed by atoms with van der Waals surface area (Å²) in [5, 5.41) is 11.0. The maximum Gasteiger partial charge on any atom is 0.251 e. The second-order valence-electron chi connectivity index (χ2n) is 4.62. The van der Waals surface area contributed by atoms with Crippen LogP contribution in [-0.4, -0.2) is 44.1 Å². The Balaban J connectivity index is 2.82. The molecule has 114 valence electrons. The Labute approximate surface area is 123 Å². The summed E-state index contributed by atoms with van der Waals surface area (Å²) in [6.07, 6.45) is 1.07. The number of sulfone groups is 1. The Morgan fingerprint density at radius 1 is 1.48 bits per heavy atom. The minimum atomic E-state index is -3.21. The Morgan fingerprint density at radius 3 is 2.67 bits per heavy atom. The first kappa shape index (κ1) is 17.1. The summed E-state index contributed by atoms with van der Waals surface area (Å²) < 4.78 is 35.9. The molecule has 0 heterocycles. The molecular formula is C14H16FNO4S.